The molecule has 0 amide bonds. The van der Waals surface area contributed by atoms with Crippen molar-refractivity contribution in [2.45, 2.75) is 26.3 Å². The van der Waals surface area contributed by atoms with E-state index < -0.39 is 0 Å². The molecule has 3 heteroatoms. The largest absolute Gasteiger partial charge is 0.314 e. The summed E-state index contributed by atoms with van der Waals surface area (Å²) in [5, 5.41) is 7.46. The second-order valence-corrected chi connectivity index (χ2v) is 3.03. The van der Waals surface area contributed by atoms with Crippen molar-refractivity contribution >= 4 is 0 Å². The maximum Gasteiger partial charge on any atom is 0.0765 e. The lowest BCUT2D eigenvalue weighted by molar-refractivity contribution is 0.674. The first kappa shape index (κ1) is 9.26. The van der Waals surface area contributed by atoms with E-state index >= 15 is 0 Å². The predicted octanol–water partition coefficient (Wildman–Crippen LogP) is 1.09. The van der Waals surface area contributed by atoms with E-state index in [1.807, 2.05) is 18.8 Å². The van der Waals surface area contributed by atoms with Crippen molar-refractivity contribution in [3.8, 4) is 0 Å². The van der Waals surface area contributed by atoms with Gasteiger partial charge >= 0.3 is 0 Å². The average Bonchev–Trinajstić information content (AvgIpc) is 2.34. The SMILES string of the molecule is CCCc1cc(CNC)nn1C. The fraction of sp³-hybridized carbons (Fsp3) is 0.667. The molecule has 12 heavy (non-hydrogen) atoms. The summed E-state index contributed by atoms with van der Waals surface area (Å²) in [6.07, 6.45) is 2.30. The van der Waals surface area contributed by atoms with Crippen LogP contribution in [0.1, 0.15) is 24.7 Å². The van der Waals surface area contributed by atoms with Crippen molar-refractivity contribution in [2.24, 2.45) is 7.05 Å². The van der Waals surface area contributed by atoms with Gasteiger partial charge < -0.3 is 5.32 Å². The number of nitrogens with zero attached hydrogens (tertiary/aromatic N) is 2. The van der Waals surface area contributed by atoms with Crippen LogP contribution in [0.5, 0.6) is 0 Å². The Morgan fingerprint density at radius 3 is 2.92 bits per heavy atom. The molecule has 0 bridgehead atoms. The Balaban J connectivity index is 2.70. The van der Waals surface area contributed by atoms with Gasteiger partial charge in [0.05, 0.1) is 5.69 Å². The molecule has 0 aliphatic heterocycles. The summed E-state index contributed by atoms with van der Waals surface area (Å²) >= 11 is 0. The van der Waals surface area contributed by atoms with Crippen molar-refractivity contribution in [1.29, 1.82) is 0 Å². The standard InChI is InChI=1S/C9H17N3/c1-4-5-9-6-8(7-10-2)11-12(9)3/h6,10H,4-5,7H2,1-3H3. The van der Waals surface area contributed by atoms with Gasteiger partial charge in [0.25, 0.3) is 0 Å². The molecule has 1 heterocycles. The van der Waals surface area contributed by atoms with Crippen molar-refractivity contribution < 1.29 is 0 Å². The van der Waals surface area contributed by atoms with Crippen LogP contribution in [0, 0.1) is 0 Å². The van der Waals surface area contributed by atoms with E-state index in [1.54, 1.807) is 0 Å². The van der Waals surface area contributed by atoms with Gasteiger partial charge in [-0.15, -0.1) is 0 Å². The molecule has 0 spiro atoms. The molecule has 1 aromatic heterocycles. The molecule has 0 unspecified atom stereocenters. The van der Waals surface area contributed by atoms with Crippen LogP contribution < -0.4 is 5.32 Å². The highest BCUT2D eigenvalue weighted by atomic mass is 15.3. The predicted molar refractivity (Wildman–Crippen MR) is 50.0 cm³/mol. The average molecular weight is 167 g/mol. The normalized spacial score (nSPS) is 10.6. The topological polar surface area (TPSA) is 29.9 Å². The number of nitrogens with one attached hydrogen (secondary N) is 1. The van der Waals surface area contributed by atoms with Gasteiger partial charge in [0, 0.05) is 19.3 Å². The zero-order chi connectivity index (χ0) is 8.97. The summed E-state index contributed by atoms with van der Waals surface area (Å²) in [5.41, 5.74) is 2.45. The Bertz CT molecular complexity index is 240. The van der Waals surface area contributed by atoms with Gasteiger partial charge in [-0.05, 0) is 19.5 Å². The van der Waals surface area contributed by atoms with E-state index in [2.05, 4.69) is 23.4 Å². The van der Waals surface area contributed by atoms with Crippen molar-refractivity contribution in [3.05, 3.63) is 17.5 Å². The maximum absolute atomic E-state index is 4.37. The van der Waals surface area contributed by atoms with Crippen LogP contribution in [0.2, 0.25) is 0 Å². The minimum absolute atomic E-state index is 0.859. The summed E-state index contributed by atoms with van der Waals surface area (Å²) in [4.78, 5) is 0. The third-order valence-corrected chi connectivity index (χ3v) is 1.89. The molecule has 68 valence electrons. The molecule has 0 aliphatic carbocycles. The first-order valence-corrected chi connectivity index (χ1v) is 4.44. The summed E-state index contributed by atoms with van der Waals surface area (Å²) in [6, 6.07) is 2.17. The van der Waals surface area contributed by atoms with Gasteiger partial charge in [0.1, 0.15) is 0 Å². The van der Waals surface area contributed by atoms with Crippen LogP contribution in [-0.4, -0.2) is 16.8 Å². The molecule has 0 atom stereocenters. The summed E-state index contributed by atoms with van der Waals surface area (Å²) < 4.78 is 1.97. The van der Waals surface area contributed by atoms with Gasteiger partial charge in [0.15, 0.2) is 0 Å². The van der Waals surface area contributed by atoms with E-state index in [0.717, 1.165) is 18.7 Å². The van der Waals surface area contributed by atoms with Crippen LogP contribution in [0.3, 0.4) is 0 Å². The van der Waals surface area contributed by atoms with Crippen molar-refractivity contribution in [2.75, 3.05) is 7.05 Å². The lowest BCUT2D eigenvalue weighted by Crippen LogP contribution is -2.05. The van der Waals surface area contributed by atoms with Crippen molar-refractivity contribution in [3.63, 3.8) is 0 Å². The van der Waals surface area contributed by atoms with Gasteiger partial charge in [0.2, 0.25) is 0 Å². The van der Waals surface area contributed by atoms with Crippen LogP contribution in [0.25, 0.3) is 0 Å². The minimum atomic E-state index is 0.859. The molecule has 0 aromatic carbocycles. The van der Waals surface area contributed by atoms with E-state index in [0.29, 0.717) is 0 Å². The van der Waals surface area contributed by atoms with Crippen LogP contribution in [0.4, 0.5) is 0 Å². The van der Waals surface area contributed by atoms with Gasteiger partial charge in [-0.25, -0.2) is 0 Å². The first-order chi connectivity index (χ1) is 5.77. The zero-order valence-corrected chi connectivity index (χ0v) is 8.09. The monoisotopic (exact) mass is 167 g/mol. The Hall–Kier alpha value is -0.830. The lowest BCUT2D eigenvalue weighted by atomic mass is 10.2. The second kappa shape index (κ2) is 4.26. The molecule has 1 rings (SSSR count). The number of hydrogen-bond acceptors (Lipinski definition) is 2. The molecule has 3 nitrogen and oxygen atoms in total. The summed E-state index contributed by atoms with van der Waals surface area (Å²) in [6.45, 7) is 3.04. The van der Waals surface area contributed by atoms with Crippen LogP contribution in [0.15, 0.2) is 6.07 Å². The third-order valence-electron chi connectivity index (χ3n) is 1.89. The minimum Gasteiger partial charge on any atom is -0.314 e. The summed E-state index contributed by atoms with van der Waals surface area (Å²) in [7, 11) is 3.94. The Morgan fingerprint density at radius 2 is 2.33 bits per heavy atom. The van der Waals surface area contributed by atoms with Crippen LogP contribution in [-0.2, 0) is 20.0 Å². The number of aryl methyl sites for hydroxylation is 2. The van der Waals surface area contributed by atoms with Gasteiger partial charge in [-0.2, -0.15) is 5.10 Å². The fourth-order valence-electron chi connectivity index (χ4n) is 1.33. The smallest absolute Gasteiger partial charge is 0.0765 e. The summed E-state index contributed by atoms with van der Waals surface area (Å²) in [5.74, 6) is 0. The molecular weight excluding hydrogens is 150 g/mol. The van der Waals surface area contributed by atoms with Crippen molar-refractivity contribution in [1.82, 2.24) is 15.1 Å². The van der Waals surface area contributed by atoms with E-state index in [9.17, 15) is 0 Å². The maximum atomic E-state index is 4.37. The molecule has 0 aliphatic rings. The highest BCUT2D eigenvalue weighted by Gasteiger charge is 2.02. The molecule has 0 fully saturated rings. The number of rotatable bonds is 4. The molecule has 0 saturated heterocycles. The van der Waals surface area contributed by atoms with Gasteiger partial charge in [-0.1, -0.05) is 13.3 Å². The number of aromatic nitrogens is 2. The Morgan fingerprint density at radius 1 is 1.58 bits per heavy atom. The highest BCUT2D eigenvalue weighted by Crippen LogP contribution is 2.05. The third kappa shape index (κ3) is 2.08. The Labute approximate surface area is 73.8 Å². The first-order valence-electron chi connectivity index (χ1n) is 4.44. The molecule has 1 N–H and O–H groups in total. The molecule has 1 aromatic rings. The lowest BCUT2D eigenvalue weighted by Gasteiger charge is -1.96. The van der Waals surface area contributed by atoms with E-state index in [1.165, 1.54) is 12.1 Å². The highest BCUT2D eigenvalue weighted by molar-refractivity contribution is 5.10. The zero-order valence-electron chi connectivity index (χ0n) is 8.09. The second-order valence-electron chi connectivity index (χ2n) is 3.03. The number of hydrogen-bond donors (Lipinski definition) is 1. The van der Waals surface area contributed by atoms with E-state index in [-0.39, 0.29) is 0 Å². The molecule has 0 radical (unpaired) electrons. The Kier molecular flexibility index (Phi) is 3.29. The van der Waals surface area contributed by atoms with Crippen LogP contribution >= 0.6 is 0 Å². The van der Waals surface area contributed by atoms with E-state index in [4.69, 9.17) is 0 Å². The molecular formula is C9H17N3. The fourth-order valence-corrected chi connectivity index (χ4v) is 1.33. The quantitative estimate of drug-likeness (QED) is 0.727. The molecule has 0 saturated carbocycles. The van der Waals surface area contributed by atoms with Gasteiger partial charge in [-0.3, -0.25) is 4.68 Å².